The number of halogens is 1. The van der Waals surface area contributed by atoms with Crippen molar-refractivity contribution in [2.45, 2.75) is 38.2 Å². The van der Waals surface area contributed by atoms with Crippen molar-refractivity contribution >= 4 is 23.1 Å². The summed E-state index contributed by atoms with van der Waals surface area (Å²) in [7, 11) is 1.45. The minimum absolute atomic E-state index is 0.0630. The summed E-state index contributed by atoms with van der Waals surface area (Å²) in [4.78, 5) is 23.8. The van der Waals surface area contributed by atoms with E-state index in [0.717, 1.165) is 12.8 Å². The molecule has 0 bridgehead atoms. The van der Waals surface area contributed by atoms with Crippen LogP contribution < -0.4 is 9.47 Å². The number of nitro benzene ring substituents is 1. The van der Waals surface area contributed by atoms with Gasteiger partial charge in [0.25, 0.3) is 5.69 Å². The first-order valence-electron chi connectivity index (χ1n) is 8.75. The number of hydrogen-bond donors (Lipinski definition) is 0. The molecule has 0 spiro atoms. The second-order valence-corrected chi connectivity index (χ2v) is 7.04. The summed E-state index contributed by atoms with van der Waals surface area (Å²) in [6.45, 7) is 2.05. The summed E-state index contributed by atoms with van der Waals surface area (Å²) in [6.07, 6.45) is 2.52. The van der Waals surface area contributed by atoms with Gasteiger partial charge in [0.15, 0.2) is 5.60 Å². The molecule has 0 amide bonds. The Bertz CT molecular complexity index is 898. The lowest BCUT2D eigenvalue weighted by atomic mass is 9.84. The van der Waals surface area contributed by atoms with Gasteiger partial charge in [0.05, 0.1) is 23.7 Å². The molecule has 1 aliphatic heterocycles. The molecular weight excluding hydrogens is 370 g/mol. The quantitative estimate of drug-likeness (QED) is 0.491. The Hall–Kier alpha value is -2.60. The summed E-state index contributed by atoms with van der Waals surface area (Å²) in [5.41, 5.74) is 0.0322. The summed E-state index contributed by atoms with van der Waals surface area (Å²) < 4.78 is 11.5. The first kappa shape index (κ1) is 19.2. The summed E-state index contributed by atoms with van der Waals surface area (Å²) in [5.74, 6) is 0.765. The Kier molecular flexibility index (Phi) is 5.37. The van der Waals surface area contributed by atoms with Gasteiger partial charge in [0.2, 0.25) is 5.78 Å². The van der Waals surface area contributed by atoms with E-state index in [1.165, 1.54) is 19.2 Å². The molecule has 0 saturated carbocycles. The van der Waals surface area contributed by atoms with Gasteiger partial charge < -0.3 is 9.47 Å². The topological polar surface area (TPSA) is 78.7 Å². The molecule has 0 N–H and O–H groups in total. The Morgan fingerprint density at radius 3 is 2.70 bits per heavy atom. The van der Waals surface area contributed by atoms with Crippen molar-refractivity contribution < 1.29 is 19.2 Å². The van der Waals surface area contributed by atoms with Gasteiger partial charge in [-0.2, -0.15) is 0 Å². The lowest BCUT2D eigenvalue weighted by Crippen LogP contribution is -2.42. The van der Waals surface area contributed by atoms with Gasteiger partial charge in [-0.1, -0.05) is 24.9 Å². The van der Waals surface area contributed by atoms with Gasteiger partial charge in [-0.3, -0.25) is 14.9 Å². The number of unbranched alkanes of at least 4 members (excludes halogenated alkanes) is 1. The Labute approximate surface area is 162 Å². The van der Waals surface area contributed by atoms with Gasteiger partial charge in [0.1, 0.15) is 11.5 Å². The zero-order valence-electron chi connectivity index (χ0n) is 15.2. The molecule has 2 aromatic carbocycles. The lowest BCUT2D eigenvalue weighted by molar-refractivity contribution is -0.384. The molecule has 27 heavy (non-hydrogen) atoms. The predicted octanol–water partition coefficient (Wildman–Crippen LogP) is 5.00. The van der Waals surface area contributed by atoms with E-state index in [0.29, 0.717) is 34.1 Å². The van der Waals surface area contributed by atoms with E-state index in [2.05, 4.69) is 0 Å². The van der Waals surface area contributed by atoms with Crippen molar-refractivity contribution in [1.29, 1.82) is 0 Å². The fourth-order valence-electron chi connectivity index (χ4n) is 3.40. The van der Waals surface area contributed by atoms with Crippen molar-refractivity contribution in [1.82, 2.24) is 0 Å². The van der Waals surface area contributed by atoms with Crippen LogP contribution in [0, 0.1) is 10.1 Å². The monoisotopic (exact) mass is 389 g/mol. The minimum atomic E-state index is -1.06. The van der Waals surface area contributed by atoms with E-state index in [4.69, 9.17) is 21.1 Å². The predicted molar refractivity (Wildman–Crippen MR) is 102 cm³/mol. The highest BCUT2D eigenvalue weighted by Gasteiger charge is 2.48. The van der Waals surface area contributed by atoms with Crippen LogP contribution in [0.3, 0.4) is 0 Å². The fourth-order valence-corrected chi connectivity index (χ4v) is 3.58. The Morgan fingerprint density at radius 1 is 1.26 bits per heavy atom. The minimum Gasteiger partial charge on any atom is -0.496 e. The van der Waals surface area contributed by atoms with Gasteiger partial charge >= 0.3 is 0 Å². The number of Topliss-reactive ketones (excluding diaryl/α,β-unsaturated/α-hetero) is 1. The first-order chi connectivity index (χ1) is 12.9. The van der Waals surface area contributed by atoms with Gasteiger partial charge in [-0.25, -0.2) is 0 Å². The molecule has 0 aromatic heterocycles. The molecule has 2 aromatic rings. The summed E-state index contributed by atoms with van der Waals surface area (Å²) in [6, 6.07) is 9.42. The number of rotatable bonds is 7. The maximum atomic E-state index is 13.2. The van der Waals surface area contributed by atoms with Crippen LogP contribution in [0.15, 0.2) is 36.4 Å². The van der Waals surface area contributed by atoms with Crippen molar-refractivity contribution in [3.63, 3.8) is 0 Å². The third-order valence-corrected chi connectivity index (χ3v) is 5.03. The number of benzene rings is 2. The molecule has 0 aliphatic carbocycles. The number of non-ortho nitro benzene ring substituents is 1. The number of ketones is 1. The van der Waals surface area contributed by atoms with Crippen LogP contribution in [0.1, 0.15) is 42.1 Å². The Morgan fingerprint density at radius 2 is 2.04 bits per heavy atom. The van der Waals surface area contributed by atoms with Crippen LogP contribution in [0.2, 0.25) is 5.02 Å². The zero-order chi connectivity index (χ0) is 19.6. The number of carbonyl (C=O) groups is 1. The van der Waals surface area contributed by atoms with Crippen molar-refractivity contribution in [3.8, 4) is 11.5 Å². The average molecular weight is 390 g/mol. The van der Waals surface area contributed by atoms with Crippen LogP contribution in [0.4, 0.5) is 5.69 Å². The molecule has 0 saturated heterocycles. The molecule has 1 heterocycles. The second-order valence-electron chi connectivity index (χ2n) is 6.60. The van der Waals surface area contributed by atoms with Crippen LogP contribution in [0.5, 0.6) is 11.5 Å². The van der Waals surface area contributed by atoms with E-state index in [1.54, 1.807) is 24.3 Å². The number of methoxy groups -OCH3 is 1. The third kappa shape index (κ3) is 3.62. The van der Waals surface area contributed by atoms with Crippen LogP contribution in [-0.4, -0.2) is 23.4 Å². The number of nitrogens with zero attached hydrogens (tertiary/aromatic N) is 1. The SMILES string of the molecule is CCCCC1(Cc2ccc([N+](=O)[O-])cc2OC)Oc2ccc(Cl)cc2C1=O. The average Bonchev–Trinajstić information content (AvgIpc) is 2.92. The zero-order valence-corrected chi connectivity index (χ0v) is 15.9. The number of carbonyl (C=O) groups excluding carboxylic acids is 1. The smallest absolute Gasteiger partial charge is 0.273 e. The van der Waals surface area contributed by atoms with Crippen LogP contribution in [-0.2, 0) is 6.42 Å². The second kappa shape index (κ2) is 7.56. The van der Waals surface area contributed by atoms with E-state index < -0.39 is 10.5 Å². The summed E-state index contributed by atoms with van der Waals surface area (Å²) >= 11 is 6.05. The number of hydrogen-bond acceptors (Lipinski definition) is 5. The molecule has 1 unspecified atom stereocenters. The maximum absolute atomic E-state index is 13.2. The molecular formula is C20H20ClNO5. The molecule has 0 radical (unpaired) electrons. The largest absolute Gasteiger partial charge is 0.496 e. The van der Waals surface area contributed by atoms with Gasteiger partial charge in [0, 0.05) is 17.5 Å². The van der Waals surface area contributed by atoms with Gasteiger partial charge in [-0.15, -0.1) is 0 Å². The van der Waals surface area contributed by atoms with Crippen LogP contribution >= 0.6 is 11.6 Å². The van der Waals surface area contributed by atoms with E-state index in [-0.39, 0.29) is 17.9 Å². The molecule has 3 rings (SSSR count). The van der Waals surface area contributed by atoms with E-state index in [1.807, 2.05) is 6.92 Å². The summed E-state index contributed by atoms with van der Waals surface area (Å²) in [5, 5.41) is 11.5. The van der Waals surface area contributed by atoms with E-state index in [9.17, 15) is 14.9 Å². The lowest BCUT2D eigenvalue weighted by Gasteiger charge is -2.28. The van der Waals surface area contributed by atoms with Crippen molar-refractivity contribution in [3.05, 3.63) is 62.7 Å². The standard InChI is InChI=1S/C20H20ClNO5/c1-3-4-9-20(19(23)16-10-14(21)6-8-17(16)27-20)12-13-5-7-15(22(24)25)11-18(13)26-2/h5-8,10-11H,3-4,9,12H2,1-2H3. The van der Waals surface area contributed by atoms with Crippen molar-refractivity contribution in [2.24, 2.45) is 0 Å². The molecule has 7 heteroatoms. The van der Waals surface area contributed by atoms with Gasteiger partial charge in [-0.05, 0) is 42.7 Å². The fraction of sp³-hybridized carbons (Fsp3) is 0.350. The highest BCUT2D eigenvalue weighted by atomic mass is 35.5. The first-order valence-corrected chi connectivity index (χ1v) is 9.12. The Balaban J connectivity index is 2.00. The molecule has 6 nitrogen and oxygen atoms in total. The normalized spacial score (nSPS) is 18.1. The van der Waals surface area contributed by atoms with E-state index >= 15 is 0 Å². The molecule has 0 fully saturated rings. The molecule has 1 aliphatic rings. The number of nitro groups is 1. The maximum Gasteiger partial charge on any atom is 0.273 e. The number of fused-ring (bicyclic) bond motifs is 1. The molecule has 142 valence electrons. The van der Waals surface area contributed by atoms with Crippen LogP contribution in [0.25, 0.3) is 0 Å². The van der Waals surface area contributed by atoms with Crippen molar-refractivity contribution in [2.75, 3.05) is 7.11 Å². The highest BCUT2D eigenvalue weighted by molar-refractivity contribution is 6.31. The number of ether oxygens (including phenoxy) is 2. The molecule has 1 atom stereocenters. The third-order valence-electron chi connectivity index (χ3n) is 4.80. The highest BCUT2D eigenvalue weighted by Crippen LogP contribution is 2.42.